The highest BCUT2D eigenvalue weighted by Crippen LogP contribution is 2.18. The van der Waals surface area contributed by atoms with Crippen molar-refractivity contribution in [2.45, 2.75) is 13.5 Å². The van der Waals surface area contributed by atoms with Crippen molar-refractivity contribution in [2.24, 2.45) is 0 Å². The van der Waals surface area contributed by atoms with Crippen molar-refractivity contribution in [1.29, 1.82) is 0 Å². The highest BCUT2D eigenvalue weighted by Gasteiger charge is 2.10. The smallest absolute Gasteiger partial charge is 0.276 e. The van der Waals surface area contributed by atoms with Crippen LogP contribution in [0.1, 0.15) is 16.8 Å². The minimum Gasteiger partial charge on any atom is -0.347 e. The number of hydrogen-bond donors (Lipinski definition) is 1. The summed E-state index contributed by atoms with van der Waals surface area (Å²) in [7, 11) is 0. The van der Waals surface area contributed by atoms with E-state index in [9.17, 15) is 14.9 Å². The van der Waals surface area contributed by atoms with Crippen LogP contribution in [0.3, 0.4) is 0 Å². The molecule has 0 radical (unpaired) electrons. The summed E-state index contributed by atoms with van der Waals surface area (Å²) in [5, 5.41) is 13.7. The summed E-state index contributed by atoms with van der Waals surface area (Å²) in [4.78, 5) is 26.9. The van der Waals surface area contributed by atoms with Gasteiger partial charge in [0.25, 0.3) is 5.69 Å². The third-order valence-corrected chi connectivity index (χ3v) is 3.72. The number of benzene rings is 1. The van der Waals surface area contributed by atoms with E-state index in [4.69, 9.17) is 0 Å². The number of carbonyl (C=O) groups is 1. The minimum atomic E-state index is -0.476. The first-order chi connectivity index (χ1) is 12.0. The Kier molecular flexibility index (Phi) is 4.56. The number of nitro groups is 1. The van der Waals surface area contributed by atoms with E-state index in [-0.39, 0.29) is 18.1 Å². The lowest BCUT2D eigenvalue weighted by Crippen LogP contribution is -2.20. The van der Waals surface area contributed by atoms with E-state index in [1.807, 2.05) is 35.9 Å². The molecule has 7 heteroatoms. The number of nitrogens with one attached hydrogen (secondary N) is 1. The van der Waals surface area contributed by atoms with Gasteiger partial charge in [-0.15, -0.1) is 0 Å². The number of aryl methyl sites for hydroxylation is 1. The van der Waals surface area contributed by atoms with E-state index in [2.05, 4.69) is 10.3 Å². The molecule has 1 N–H and O–H groups in total. The fourth-order valence-corrected chi connectivity index (χ4v) is 2.49. The summed E-state index contributed by atoms with van der Waals surface area (Å²) in [5.41, 5.74) is 2.98. The lowest BCUT2D eigenvalue weighted by molar-refractivity contribution is -0.385. The average molecular weight is 336 g/mol. The van der Waals surface area contributed by atoms with Crippen molar-refractivity contribution < 1.29 is 9.72 Å². The predicted molar refractivity (Wildman–Crippen MR) is 93.9 cm³/mol. The molecule has 0 saturated heterocycles. The number of para-hydroxylation sites is 1. The van der Waals surface area contributed by atoms with Gasteiger partial charge in [-0.25, -0.2) is 4.98 Å². The number of nitro benzene ring substituents is 1. The van der Waals surface area contributed by atoms with Gasteiger partial charge in [0.15, 0.2) is 0 Å². The largest absolute Gasteiger partial charge is 0.347 e. The summed E-state index contributed by atoms with van der Waals surface area (Å²) in [5.74, 6) is -0.341. The molecule has 2 heterocycles. The maximum atomic E-state index is 12.0. The van der Waals surface area contributed by atoms with Gasteiger partial charge in [0.2, 0.25) is 5.91 Å². The van der Waals surface area contributed by atoms with Gasteiger partial charge in [-0.05, 0) is 30.7 Å². The number of rotatable bonds is 5. The van der Waals surface area contributed by atoms with E-state index >= 15 is 0 Å². The van der Waals surface area contributed by atoms with E-state index in [1.165, 1.54) is 18.2 Å². The van der Waals surface area contributed by atoms with Crippen LogP contribution in [-0.4, -0.2) is 20.2 Å². The fourth-order valence-electron chi connectivity index (χ4n) is 2.49. The van der Waals surface area contributed by atoms with Crippen LogP contribution in [0.4, 0.5) is 5.69 Å². The first-order valence-corrected chi connectivity index (χ1v) is 7.67. The first-order valence-electron chi connectivity index (χ1n) is 7.67. The molecule has 126 valence electrons. The molecule has 3 aromatic rings. The number of fused-ring (bicyclic) bond motifs is 1. The molecule has 7 nitrogen and oxygen atoms in total. The SMILES string of the molecule is Cc1cccn2cc(CNC(=O)/C=C/c3ccccc3[N+](=O)[O-])nc12. The van der Waals surface area contributed by atoms with Crippen molar-refractivity contribution >= 4 is 23.3 Å². The van der Waals surface area contributed by atoms with Crippen LogP contribution in [0.2, 0.25) is 0 Å². The molecule has 0 saturated carbocycles. The van der Waals surface area contributed by atoms with Crippen LogP contribution in [0.15, 0.2) is 54.9 Å². The Bertz CT molecular complexity index is 975. The molecule has 0 aliphatic carbocycles. The van der Waals surface area contributed by atoms with Crippen LogP contribution in [0.25, 0.3) is 11.7 Å². The molecule has 2 aromatic heterocycles. The van der Waals surface area contributed by atoms with Gasteiger partial charge in [0.1, 0.15) is 5.65 Å². The Morgan fingerprint density at radius 2 is 2.12 bits per heavy atom. The van der Waals surface area contributed by atoms with Crippen molar-refractivity contribution in [1.82, 2.24) is 14.7 Å². The third kappa shape index (κ3) is 3.72. The van der Waals surface area contributed by atoms with Gasteiger partial charge in [-0.2, -0.15) is 0 Å². The second-order valence-corrected chi connectivity index (χ2v) is 5.52. The van der Waals surface area contributed by atoms with Gasteiger partial charge in [-0.3, -0.25) is 14.9 Å². The Hall–Kier alpha value is -3.48. The molecule has 1 amide bonds. The third-order valence-electron chi connectivity index (χ3n) is 3.72. The molecule has 0 bridgehead atoms. The zero-order chi connectivity index (χ0) is 17.8. The van der Waals surface area contributed by atoms with E-state index in [0.717, 1.165) is 16.9 Å². The second-order valence-electron chi connectivity index (χ2n) is 5.52. The number of amides is 1. The van der Waals surface area contributed by atoms with Crippen LogP contribution >= 0.6 is 0 Å². The molecular weight excluding hydrogens is 320 g/mol. The molecule has 0 aliphatic rings. The first kappa shape index (κ1) is 16.4. The number of pyridine rings is 1. The molecule has 0 unspecified atom stereocenters. The van der Waals surface area contributed by atoms with Crippen LogP contribution in [0.5, 0.6) is 0 Å². The summed E-state index contributed by atoms with van der Waals surface area (Å²) >= 11 is 0. The molecule has 0 fully saturated rings. The molecule has 0 spiro atoms. The second kappa shape index (κ2) is 6.96. The van der Waals surface area contributed by atoms with Gasteiger partial charge >= 0.3 is 0 Å². The molecule has 1 aromatic carbocycles. The van der Waals surface area contributed by atoms with Crippen molar-refractivity contribution in [3.8, 4) is 0 Å². The Morgan fingerprint density at radius 3 is 2.88 bits per heavy atom. The van der Waals surface area contributed by atoms with E-state index < -0.39 is 4.92 Å². The molecule has 25 heavy (non-hydrogen) atoms. The number of hydrogen-bond acceptors (Lipinski definition) is 4. The lowest BCUT2D eigenvalue weighted by Gasteiger charge is -1.99. The molecular formula is C18H16N4O3. The quantitative estimate of drug-likeness (QED) is 0.441. The zero-order valence-corrected chi connectivity index (χ0v) is 13.5. The maximum absolute atomic E-state index is 12.0. The van der Waals surface area contributed by atoms with E-state index in [0.29, 0.717) is 5.56 Å². The summed E-state index contributed by atoms with van der Waals surface area (Å²) in [6.45, 7) is 2.25. The van der Waals surface area contributed by atoms with Crippen molar-refractivity contribution in [3.63, 3.8) is 0 Å². The van der Waals surface area contributed by atoms with Crippen molar-refractivity contribution in [2.75, 3.05) is 0 Å². The topological polar surface area (TPSA) is 89.5 Å². The summed E-state index contributed by atoms with van der Waals surface area (Å²) < 4.78 is 1.90. The summed E-state index contributed by atoms with van der Waals surface area (Å²) in [6, 6.07) is 10.2. The van der Waals surface area contributed by atoms with Gasteiger partial charge < -0.3 is 9.72 Å². The average Bonchev–Trinajstić information content (AvgIpc) is 3.03. The highest BCUT2D eigenvalue weighted by atomic mass is 16.6. The number of nitrogens with zero attached hydrogens (tertiary/aromatic N) is 3. The zero-order valence-electron chi connectivity index (χ0n) is 13.5. The minimum absolute atomic E-state index is 0.0395. The molecule has 0 aliphatic heterocycles. The fraction of sp³-hybridized carbons (Fsp3) is 0.111. The van der Waals surface area contributed by atoms with Crippen LogP contribution < -0.4 is 5.32 Å². The van der Waals surface area contributed by atoms with Gasteiger partial charge in [-0.1, -0.05) is 18.2 Å². The van der Waals surface area contributed by atoms with Gasteiger partial charge in [0.05, 0.1) is 22.7 Å². The highest BCUT2D eigenvalue weighted by molar-refractivity contribution is 5.92. The number of imidazole rings is 1. The lowest BCUT2D eigenvalue weighted by atomic mass is 10.1. The Morgan fingerprint density at radius 1 is 1.32 bits per heavy atom. The Balaban J connectivity index is 1.66. The van der Waals surface area contributed by atoms with Crippen LogP contribution in [0, 0.1) is 17.0 Å². The molecule has 0 atom stereocenters. The van der Waals surface area contributed by atoms with Crippen molar-refractivity contribution in [3.05, 3.63) is 81.8 Å². The maximum Gasteiger partial charge on any atom is 0.276 e. The predicted octanol–water partition coefficient (Wildman–Crippen LogP) is 2.88. The number of carbonyl (C=O) groups excluding carboxylic acids is 1. The van der Waals surface area contributed by atoms with E-state index in [1.54, 1.807) is 18.2 Å². The Labute approximate surface area is 143 Å². The normalized spacial score (nSPS) is 11.1. The summed E-state index contributed by atoms with van der Waals surface area (Å²) in [6.07, 6.45) is 6.47. The van der Waals surface area contributed by atoms with Crippen LogP contribution in [-0.2, 0) is 11.3 Å². The monoisotopic (exact) mass is 336 g/mol. The molecule has 3 rings (SSSR count). The standard InChI is InChI=1S/C18H16N4O3/c1-13-5-4-10-21-12-15(20-18(13)21)11-19-17(23)9-8-14-6-2-3-7-16(14)22(24)25/h2-10,12H,11H2,1H3,(H,19,23)/b9-8+. The van der Waals surface area contributed by atoms with Gasteiger partial charge in [0, 0.05) is 24.5 Å². The number of aromatic nitrogens is 2.